The first-order chi connectivity index (χ1) is 12.8. The van der Waals surface area contributed by atoms with E-state index in [4.69, 9.17) is 9.40 Å². The molecule has 0 aliphatic carbocycles. The zero-order valence-corrected chi connectivity index (χ0v) is 14.3. The van der Waals surface area contributed by atoms with Crippen LogP contribution in [0, 0.1) is 6.92 Å². The van der Waals surface area contributed by atoms with Gasteiger partial charge >= 0.3 is 0 Å². The molecule has 2 aromatic heterocycles. The maximum atomic E-state index is 6.02. The second kappa shape index (κ2) is 5.81. The van der Waals surface area contributed by atoms with E-state index < -0.39 is 0 Å². The predicted molar refractivity (Wildman–Crippen MR) is 105 cm³/mol. The van der Waals surface area contributed by atoms with Gasteiger partial charge in [-0.2, -0.15) is 0 Å². The second-order valence-electron chi connectivity index (χ2n) is 6.36. The molecule has 2 heterocycles. The van der Waals surface area contributed by atoms with Gasteiger partial charge in [0.15, 0.2) is 5.82 Å². The van der Waals surface area contributed by atoms with Gasteiger partial charge in [-0.05, 0) is 25.1 Å². The predicted octanol–water partition coefficient (Wildman–Crippen LogP) is 6.02. The van der Waals surface area contributed by atoms with Crippen LogP contribution in [0.5, 0.6) is 0 Å². The molecule has 26 heavy (non-hydrogen) atoms. The van der Waals surface area contributed by atoms with Gasteiger partial charge in [0.2, 0.25) is 0 Å². The van der Waals surface area contributed by atoms with Crippen LogP contribution in [0.2, 0.25) is 0 Å². The minimum Gasteiger partial charge on any atom is -0.456 e. The van der Waals surface area contributed by atoms with E-state index in [9.17, 15) is 0 Å². The van der Waals surface area contributed by atoms with Crippen LogP contribution in [0.1, 0.15) is 5.69 Å². The SMILES string of the molecule is Cc1cc(-c2cccc3oc4ccccc4c23)nc(-c2ccccc2)n1. The molecule has 0 fully saturated rings. The highest BCUT2D eigenvalue weighted by Gasteiger charge is 2.14. The topological polar surface area (TPSA) is 38.9 Å². The standard InChI is InChI=1S/C23H16N2O/c1-15-14-19(25-23(24-15)16-8-3-2-4-9-16)17-11-7-13-21-22(17)18-10-5-6-12-20(18)26-21/h2-14H,1H3. The molecule has 3 nitrogen and oxygen atoms in total. The Morgan fingerprint density at radius 1 is 0.731 bits per heavy atom. The lowest BCUT2D eigenvalue weighted by Gasteiger charge is -2.07. The molecule has 124 valence electrons. The van der Waals surface area contributed by atoms with E-state index in [0.717, 1.165) is 50.3 Å². The molecule has 0 unspecified atom stereocenters. The summed E-state index contributed by atoms with van der Waals surface area (Å²) in [6.07, 6.45) is 0. The fourth-order valence-electron chi connectivity index (χ4n) is 3.41. The third kappa shape index (κ3) is 2.37. The number of furan rings is 1. The summed E-state index contributed by atoms with van der Waals surface area (Å²) in [6.45, 7) is 2.01. The first-order valence-corrected chi connectivity index (χ1v) is 8.61. The monoisotopic (exact) mass is 336 g/mol. The summed E-state index contributed by atoms with van der Waals surface area (Å²) in [6, 6.07) is 26.3. The average molecular weight is 336 g/mol. The van der Waals surface area contributed by atoms with Crippen molar-refractivity contribution in [3.8, 4) is 22.6 Å². The average Bonchev–Trinajstić information content (AvgIpc) is 3.07. The molecule has 3 aromatic carbocycles. The second-order valence-corrected chi connectivity index (χ2v) is 6.36. The summed E-state index contributed by atoms with van der Waals surface area (Å²) in [7, 11) is 0. The third-order valence-electron chi connectivity index (χ3n) is 4.56. The molecular formula is C23H16N2O. The Kier molecular flexibility index (Phi) is 3.32. The van der Waals surface area contributed by atoms with Crippen LogP contribution in [0.15, 0.2) is 83.3 Å². The van der Waals surface area contributed by atoms with Crippen molar-refractivity contribution >= 4 is 21.9 Å². The molecular weight excluding hydrogens is 320 g/mol. The van der Waals surface area contributed by atoms with Gasteiger partial charge in [-0.1, -0.05) is 60.7 Å². The molecule has 5 aromatic rings. The molecule has 0 aliphatic rings. The number of hydrogen-bond acceptors (Lipinski definition) is 3. The molecule has 5 rings (SSSR count). The lowest BCUT2D eigenvalue weighted by Crippen LogP contribution is -1.95. The summed E-state index contributed by atoms with van der Waals surface area (Å²) in [5, 5.41) is 2.20. The fourth-order valence-corrected chi connectivity index (χ4v) is 3.41. The normalized spacial score (nSPS) is 11.3. The molecule has 0 saturated heterocycles. The summed E-state index contributed by atoms with van der Waals surface area (Å²) in [5.41, 5.74) is 5.70. The quantitative estimate of drug-likeness (QED) is 0.396. The molecule has 0 atom stereocenters. The van der Waals surface area contributed by atoms with Crippen LogP contribution in [0.4, 0.5) is 0 Å². The molecule has 3 heteroatoms. The highest BCUT2D eigenvalue weighted by atomic mass is 16.3. The van der Waals surface area contributed by atoms with Gasteiger partial charge < -0.3 is 4.42 Å². The molecule has 0 aliphatic heterocycles. The smallest absolute Gasteiger partial charge is 0.160 e. The van der Waals surface area contributed by atoms with Crippen molar-refractivity contribution in [3.05, 3.63) is 84.6 Å². The molecule has 0 amide bonds. The van der Waals surface area contributed by atoms with Gasteiger partial charge in [0.1, 0.15) is 11.2 Å². The highest BCUT2D eigenvalue weighted by molar-refractivity contribution is 6.12. The zero-order chi connectivity index (χ0) is 17.5. The van der Waals surface area contributed by atoms with Crippen molar-refractivity contribution in [1.29, 1.82) is 0 Å². The van der Waals surface area contributed by atoms with E-state index in [0.29, 0.717) is 0 Å². The number of aryl methyl sites for hydroxylation is 1. The fraction of sp³-hybridized carbons (Fsp3) is 0.0435. The third-order valence-corrected chi connectivity index (χ3v) is 4.56. The molecule has 0 spiro atoms. The number of hydrogen-bond donors (Lipinski definition) is 0. The number of aromatic nitrogens is 2. The number of benzene rings is 3. The lowest BCUT2D eigenvalue weighted by molar-refractivity contribution is 0.669. The van der Waals surface area contributed by atoms with Crippen molar-refractivity contribution in [2.45, 2.75) is 6.92 Å². The van der Waals surface area contributed by atoms with Gasteiger partial charge in [0, 0.05) is 27.6 Å². The van der Waals surface area contributed by atoms with E-state index >= 15 is 0 Å². The van der Waals surface area contributed by atoms with E-state index in [1.54, 1.807) is 0 Å². The summed E-state index contributed by atoms with van der Waals surface area (Å²) in [5.74, 6) is 0.741. The number of para-hydroxylation sites is 1. The van der Waals surface area contributed by atoms with E-state index in [1.165, 1.54) is 0 Å². The Morgan fingerprint density at radius 2 is 1.50 bits per heavy atom. The van der Waals surface area contributed by atoms with E-state index in [1.807, 2.05) is 73.7 Å². The van der Waals surface area contributed by atoms with Gasteiger partial charge in [0.25, 0.3) is 0 Å². The van der Waals surface area contributed by atoms with Gasteiger partial charge in [0.05, 0.1) is 5.69 Å². The van der Waals surface area contributed by atoms with Crippen LogP contribution in [-0.4, -0.2) is 9.97 Å². The Labute approximate surface area is 151 Å². The highest BCUT2D eigenvalue weighted by Crippen LogP contribution is 2.36. The summed E-state index contributed by atoms with van der Waals surface area (Å²) in [4.78, 5) is 9.48. The molecule has 0 saturated carbocycles. The minimum atomic E-state index is 0.741. The Hall–Kier alpha value is -3.46. The Balaban J connectivity index is 1.80. The largest absolute Gasteiger partial charge is 0.456 e. The van der Waals surface area contributed by atoms with Gasteiger partial charge in [-0.15, -0.1) is 0 Å². The maximum Gasteiger partial charge on any atom is 0.160 e. The van der Waals surface area contributed by atoms with Crippen LogP contribution in [-0.2, 0) is 0 Å². The Bertz CT molecular complexity index is 1240. The molecule has 0 bridgehead atoms. The van der Waals surface area contributed by atoms with Crippen molar-refractivity contribution in [2.75, 3.05) is 0 Å². The maximum absolute atomic E-state index is 6.02. The van der Waals surface area contributed by atoms with Crippen LogP contribution in [0.25, 0.3) is 44.6 Å². The van der Waals surface area contributed by atoms with E-state index in [2.05, 4.69) is 17.1 Å². The van der Waals surface area contributed by atoms with Crippen molar-refractivity contribution in [3.63, 3.8) is 0 Å². The van der Waals surface area contributed by atoms with Gasteiger partial charge in [-0.25, -0.2) is 9.97 Å². The van der Waals surface area contributed by atoms with Gasteiger partial charge in [-0.3, -0.25) is 0 Å². The minimum absolute atomic E-state index is 0.741. The first-order valence-electron chi connectivity index (χ1n) is 8.61. The zero-order valence-electron chi connectivity index (χ0n) is 14.3. The van der Waals surface area contributed by atoms with Crippen molar-refractivity contribution < 1.29 is 4.42 Å². The van der Waals surface area contributed by atoms with E-state index in [-0.39, 0.29) is 0 Å². The summed E-state index contributed by atoms with van der Waals surface area (Å²) < 4.78 is 6.02. The molecule has 0 N–H and O–H groups in total. The van der Waals surface area contributed by atoms with Crippen LogP contribution < -0.4 is 0 Å². The first kappa shape index (κ1) is 14.8. The molecule has 0 radical (unpaired) electrons. The number of rotatable bonds is 2. The lowest BCUT2D eigenvalue weighted by atomic mass is 10.0. The summed E-state index contributed by atoms with van der Waals surface area (Å²) >= 11 is 0. The number of fused-ring (bicyclic) bond motifs is 3. The Morgan fingerprint density at radius 3 is 2.38 bits per heavy atom. The number of nitrogens with zero attached hydrogens (tertiary/aromatic N) is 2. The van der Waals surface area contributed by atoms with Crippen LogP contribution >= 0.6 is 0 Å². The van der Waals surface area contributed by atoms with Crippen molar-refractivity contribution in [2.24, 2.45) is 0 Å². The van der Waals surface area contributed by atoms with Crippen molar-refractivity contribution in [1.82, 2.24) is 9.97 Å². The van der Waals surface area contributed by atoms with Crippen LogP contribution in [0.3, 0.4) is 0 Å².